The Morgan fingerprint density at radius 3 is 2.79 bits per heavy atom. The minimum absolute atomic E-state index is 0.119. The first-order valence-electron chi connectivity index (χ1n) is 4.28. The van der Waals surface area contributed by atoms with Crippen LogP contribution in [0.1, 0.15) is 0 Å². The molecule has 1 saturated heterocycles. The second kappa shape index (κ2) is 4.14. The number of nitrogens with one attached hydrogen (secondary N) is 1. The van der Waals surface area contributed by atoms with E-state index in [2.05, 4.69) is 5.32 Å². The van der Waals surface area contributed by atoms with Gasteiger partial charge in [0.15, 0.2) is 0 Å². The summed E-state index contributed by atoms with van der Waals surface area (Å²) in [5.74, 6) is -0.119. The zero-order chi connectivity index (χ0) is 10.8. The average Bonchev–Trinajstić information content (AvgIpc) is 2.01. The summed E-state index contributed by atoms with van der Waals surface area (Å²) in [6, 6.07) is -0.462. The van der Waals surface area contributed by atoms with E-state index in [4.69, 9.17) is 5.11 Å². The summed E-state index contributed by atoms with van der Waals surface area (Å²) in [6.07, 6.45) is 0.0573. The van der Waals surface area contributed by atoms with Gasteiger partial charge >= 0.3 is 6.09 Å². The maximum absolute atomic E-state index is 11.0. The van der Waals surface area contributed by atoms with Crippen molar-refractivity contribution in [3.05, 3.63) is 0 Å². The first-order chi connectivity index (χ1) is 6.40. The lowest BCUT2D eigenvalue weighted by atomic mass is 10.2. The van der Waals surface area contributed by atoms with Gasteiger partial charge in [-0.1, -0.05) is 0 Å². The number of amides is 1. The third-order valence-corrected chi connectivity index (χ3v) is 3.08. The predicted molar refractivity (Wildman–Crippen MR) is 51.1 cm³/mol. The lowest BCUT2D eigenvalue weighted by Gasteiger charge is -2.33. The van der Waals surface area contributed by atoms with Gasteiger partial charge in [0.2, 0.25) is 0 Å². The molecule has 0 radical (unpaired) electrons. The van der Waals surface area contributed by atoms with Gasteiger partial charge in [0.25, 0.3) is 0 Å². The molecule has 1 unspecified atom stereocenters. The maximum atomic E-state index is 11.0. The molecule has 1 rings (SSSR count). The van der Waals surface area contributed by atoms with Crippen molar-refractivity contribution in [1.82, 2.24) is 10.2 Å². The number of hydrogen-bond donors (Lipinski definition) is 2. The smallest absolute Gasteiger partial charge is 0.407 e. The van der Waals surface area contributed by atoms with E-state index >= 15 is 0 Å². The van der Waals surface area contributed by atoms with E-state index in [1.807, 2.05) is 0 Å². The predicted octanol–water partition coefficient (Wildman–Crippen LogP) is -1.02. The summed E-state index contributed by atoms with van der Waals surface area (Å²) >= 11 is 0. The molecule has 1 atom stereocenters. The Morgan fingerprint density at radius 1 is 1.64 bits per heavy atom. The van der Waals surface area contributed by atoms with Crippen LogP contribution in [-0.2, 0) is 9.84 Å². The van der Waals surface area contributed by atoms with Crippen molar-refractivity contribution in [2.75, 3.05) is 31.6 Å². The number of hydrogen-bond acceptors (Lipinski definition) is 4. The molecule has 1 aliphatic rings. The largest absolute Gasteiger partial charge is 0.465 e. The van der Waals surface area contributed by atoms with Gasteiger partial charge in [-0.3, -0.25) is 0 Å². The lowest BCUT2D eigenvalue weighted by molar-refractivity contribution is 0.118. The van der Waals surface area contributed by atoms with Crippen LogP contribution in [0.4, 0.5) is 4.79 Å². The molecule has 1 fully saturated rings. The second-order valence-corrected chi connectivity index (χ2v) is 5.61. The summed E-state index contributed by atoms with van der Waals surface area (Å²) in [4.78, 5) is 11.9. The third-order valence-electron chi connectivity index (χ3n) is 2.09. The van der Waals surface area contributed by atoms with E-state index in [9.17, 15) is 13.2 Å². The molecule has 7 heteroatoms. The van der Waals surface area contributed by atoms with Gasteiger partial charge in [-0.2, -0.15) is 0 Å². The third kappa shape index (κ3) is 3.15. The molecular formula is C7H14N2O4S. The van der Waals surface area contributed by atoms with E-state index in [0.29, 0.717) is 19.6 Å². The van der Waals surface area contributed by atoms with Crippen LogP contribution in [-0.4, -0.2) is 62.2 Å². The molecule has 14 heavy (non-hydrogen) atoms. The number of piperazine rings is 1. The van der Waals surface area contributed by atoms with Crippen LogP contribution in [0.2, 0.25) is 0 Å². The van der Waals surface area contributed by atoms with Crippen molar-refractivity contribution in [2.24, 2.45) is 0 Å². The Balaban J connectivity index is 2.68. The molecule has 0 aromatic heterocycles. The molecule has 1 heterocycles. The van der Waals surface area contributed by atoms with Gasteiger partial charge in [-0.25, -0.2) is 13.2 Å². The summed E-state index contributed by atoms with van der Waals surface area (Å²) in [7, 11) is -3.14. The SMILES string of the molecule is CS(=O)(=O)CC1CNCCN1C(=O)O. The second-order valence-electron chi connectivity index (χ2n) is 3.43. The topological polar surface area (TPSA) is 86.7 Å². The number of carboxylic acid groups (broad SMARTS) is 1. The van der Waals surface area contributed by atoms with Crippen molar-refractivity contribution >= 4 is 15.9 Å². The first-order valence-corrected chi connectivity index (χ1v) is 6.34. The zero-order valence-electron chi connectivity index (χ0n) is 7.93. The van der Waals surface area contributed by atoms with Crippen molar-refractivity contribution in [1.29, 1.82) is 0 Å². The Morgan fingerprint density at radius 2 is 2.29 bits per heavy atom. The zero-order valence-corrected chi connectivity index (χ0v) is 8.75. The van der Waals surface area contributed by atoms with Crippen LogP contribution in [0.15, 0.2) is 0 Å². The summed E-state index contributed by atoms with van der Waals surface area (Å²) in [6.45, 7) is 1.32. The highest BCUT2D eigenvalue weighted by Crippen LogP contribution is 2.06. The minimum Gasteiger partial charge on any atom is -0.465 e. The molecule has 0 spiro atoms. The molecule has 82 valence electrons. The molecule has 2 N–H and O–H groups in total. The average molecular weight is 222 g/mol. The Bertz CT molecular complexity index is 314. The number of rotatable bonds is 2. The Labute approximate surface area is 82.8 Å². The monoisotopic (exact) mass is 222 g/mol. The summed E-state index contributed by atoms with van der Waals surface area (Å²) in [5.41, 5.74) is 0. The standard InChI is InChI=1S/C7H14N2O4S/c1-14(12,13)5-6-4-8-2-3-9(6)7(10)11/h6,8H,2-5H2,1H3,(H,10,11). The van der Waals surface area contributed by atoms with E-state index in [1.54, 1.807) is 0 Å². The normalized spacial score (nSPS) is 23.5. The van der Waals surface area contributed by atoms with Gasteiger partial charge in [-0.15, -0.1) is 0 Å². The fourth-order valence-corrected chi connectivity index (χ4v) is 2.51. The van der Waals surface area contributed by atoms with Gasteiger partial charge < -0.3 is 15.3 Å². The molecule has 0 aromatic rings. The minimum atomic E-state index is -3.14. The summed E-state index contributed by atoms with van der Waals surface area (Å²) < 4.78 is 22.0. The maximum Gasteiger partial charge on any atom is 0.407 e. The van der Waals surface area contributed by atoms with Gasteiger partial charge in [0.05, 0.1) is 11.8 Å². The highest BCUT2D eigenvalue weighted by Gasteiger charge is 2.28. The van der Waals surface area contributed by atoms with Crippen LogP contribution < -0.4 is 5.32 Å². The van der Waals surface area contributed by atoms with Crippen molar-refractivity contribution in [2.45, 2.75) is 6.04 Å². The Hall–Kier alpha value is -0.820. The lowest BCUT2D eigenvalue weighted by Crippen LogP contribution is -2.55. The molecule has 6 nitrogen and oxygen atoms in total. The molecule has 1 aliphatic heterocycles. The first kappa shape index (κ1) is 11.3. The van der Waals surface area contributed by atoms with Crippen LogP contribution in [0.3, 0.4) is 0 Å². The highest BCUT2D eigenvalue weighted by molar-refractivity contribution is 7.90. The molecule has 0 bridgehead atoms. The van der Waals surface area contributed by atoms with Crippen LogP contribution >= 0.6 is 0 Å². The molecule has 0 saturated carbocycles. The van der Waals surface area contributed by atoms with Crippen molar-refractivity contribution < 1.29 is 18.3 Å². The molecule has 0 aromatic carbocycles. The van der Waals surface area contributed by atoms with Gasteiger partial charge in [-0.05, 0) is 0 Å². The van der Waals surface area contributed by atoms with Crippen molar-refractivity contribution in [3.8, 4) is 0 Å². The van der Waals surface area contributed by atoms with Gasteiger partial charge in [0.1, 0.15) is 9.84 Å². The van der Waals surface area contributed by atoms with E-state index in [-0.39, 0.29) is 5.75 Å². The van der Waals surface area contributed by atoms with E-state index in [0.717, 1.165) is 6.26 Å². The molecular weight excluding hydrogens is 208 g/mol. The van der Waals surface area contributed by atoms with Crippen molar-refractivity contribution in [3.63, 3.8) is 0 Å². The Kier molecular flexibility index (Phi) is 3.33. The quantitative estimate of drug-likeness (QED) is 0.624. The number of carbonyl (C=O) groups is 1. The number of nitrogens with zero attached hydrogens (tertiary/aromatic N) is 1. The van der Waals surface area contributed by atoms with E-state index in [1.165, 1.54) is 4.90 Å². The van der Waals surface area contributed by atoms with E-state index < -0.39 is 22.0 Å². The highest BCUT2D eigenvalue weighted by atomic mass is 32.2. The number of sulfone groups is 1. The fourth-order valence-electron chi connectivity index (χ4n) is 1.51. The molecule has 1 amide bonds. The fraction of sp³-hybridized carbons (Fsp3) is 0.857. The van der Waals surface area contributed by atoms with Crippen LogP contribution in [0, 0.1) is 0 Å². The molecule has 0 aliphatic carbocycles. The van der Waals surface area contributed by atoms with Crippen LogP contribution in [0.25, 0.3) is 0 Å². The van der Waals surface area contributed by atoms with Crippen LogP contribution in [0.5, 0.6) is 0 Å². The van der Waals surface area contributed by atoms with Gasteiger partial charge in [0, 0.05) is 25.9 Å². The summed E-state index contributed by atoms with van der Waals surface area (Å²) in [5, 5.41) is 11.8.